The summed E-state index contributed by atoms with van der Waals surface area (Å²) in [4.78, 5) is 16.7. The predicted octanol–water partition coefficient (Wildman–Crippen LogP) is 4.63. The van der Waals surface area contributed by atoms with Crippen LogP contribution in [0.1, 0.15) is 74.1 Å². The van der Waals surface area contributed by atoms with E-state index in [1.165, 1.54) is 20.0 Å². The first-order chi connectivity index (χ1) is 13.8. The normalized spacial score (nSPS) is 16.6. The number of carbonyl (C=O) groups excluding carboxylic acids is 1. The molecule has 6 nitrogen and oxygen atoms in total. The Morgan fingerprint density at radius 3 is 2.63 bits per heavy atom. The van der Waals surface area contributed by atoms with E-state index in [0.717, 1.165) is 29.7 Å². The summed E-state index contributed by atoms with van der Waals surface area (Å²) in [5, 5.41) is 16.2. The second-order valence-corrected chi connectivity index (χ2v) is 11.8. The molecule has 0 spiro atoms. The van der Waals surface area contributed by atoms with Gasteiger partial charge in [-0.05, 0) is 61.3 Å². The van der Waals surface area contributed by atoms with Crippen molar-refractivity contribution in [2.45, 2.75) is 68.6 Å². The number of rotatable bonds is 6. The molecule has 1 amide bonds. The van der Waals surface area contributed by atoms with Crippen molar-refractivity contribution in [2.24, 2.45) is 9.50 Å². The molecule has 1 fully saturated rings. The molecule has 164 valence electrons. The molecule has 3 rings (SSSR count). The van der Waals surface area contributed by atoms with Crippen LogP contribution < -0.4 is 5.14 Å². The number of carbonyl (C=O) groups is 1. The van der Waals surface area contributed by atoms with Gasteiger partial charge in [-0.2, -0.15) is 0 Å². The lowest BCUT2D eigenvalue weighted by atomic mass is 9.89. The fourth-order valence-corrected chi connectivity index (χ4v) is 5.68. The molecule has 10 heteroatoms. The number of aromatic nitrogens is 1. The monoisotopic (exact) mass is 473 g/mol. The maximum atomic E-state index is 14.8. The van der Waals surface area contributed by atoms with Crippen molar-refractivity contribution in [1.29, 1.82) is 0 Å². The SMILES string of the molecule is CC(C)c1c(F)c(Cl)cc(C2CC2)c1CC(=O)N=S(N)(=O)c1cnc(C(C)(C)O)s1. The Kier molecular flexibility index (Phi) is 6.42. The van der Waals surface area contributed by atoms with Gasteiger partial charge < -0.3 is 5.11 Å². The molecule has 3 N–H and O–H groups in total. The first kappa shape index (κ1) is 23.3. The number of hydrogen-bond donors (Lipinski definition) is 2. The fourth-order valence-electron chi connectivity index (χ4n) is 3.32. The van der Waals surface area contributed by atoms with Gasteiger partial charge in [0.15, 0.2) is 9.92 Å². The Morgan fingerprint density at radius 1 is 1.50 bits per heavy atom. The van der Waals surface area contributed by atoms with E-state index in [9.17, 15) is 18.5 Å². The highest BCUT2D eigenvalue weighted by Crippen LogP contribution is 2.45. The zero-order valence-corrected chi connectivity index (χ0v) is 19.6. The summed E-state index contributed by atoms with van der Waals surface area (Å²) in [6.07, 6.45) is 2.95. The van der Waals surface area contributed by atoms with E-state index in [2.05, 4.69) is 9.35 Å². The third-order valence-electron chi connectivity index (χ3n) is 4.86. The van der Waals surface area contributed by atoms with Crippen LogP contribution >= 0.6 is 22.9 Å². The van der Waals surface area contributed by atoms with E-state index < -0.39 is 27.2 Å². The van der Waals surface area contributed by atoms with Crippen molar-refractivity contribution in [3.05, 3.63) is 44.8 Å². The van der Waals surface area contributed by atoms with Crippen molar-refractivity contribution in [1.82, 2.24) is 4.98 Å². The lowest BCUT2D eigenvalue weighted by Gasteiger charge is -2.18. The first-order valence-corrected chi connectivity index (χ1v) is 12.4. The lowest BCUT2D eigenvalue weighted by molar-refractivity contribution is -0.117. The van der Waals surface area contributed by atoms with Gasteiger partial charge in [-0.3, -0.25) is 4.79 Å². The summed E-state index contributed by atoms with van der Waals surface area (Å²) in [7, 11) is -3.54. The second-order valence-electron chi connectivity index (χ2n) is 8.36. The minimum Gasteiger partial charge on any atom is -0.383 e. The molecule has 0 bridgehead atoms. The van der Waals surface area contributed by atoms with Crippen molar-refractivity contribution in [3.63, 3.8) is 0 Å². The van der Waals surface area contributed by atoms with Crippen LogP contribution in [0.4, 0.5) is 4.39 Å². The molecule has 0 radical (unpaired) electrons. The molecule has 30 heavy (non-hydrogen) atoms. The molecule has 1 aliphatic carbocycles. The van der Waals surface area contributed by atoms with Crippen molar-refractivity contribution >= 4 is 38.8 Å². The fraction of sp³-hybridized carbons (Fsp3) is 0.500. The molecular weight excluding hydrogens is 449 g/mol. The molecule has 2 aromatic rings. The minimum atomic E-state index is -3.54. The van der Waals surface area contributed by atoms with Gasteiger partial charge in [0, 0.05) is 0 Å². The molecule has 0 saturated heterocycles. The number of halogens is 2. The molecule has 1 aliphatic rings. The van der Waals surface area contributed by atoms with Gasteiger partial charge in [-0.1, -0.05) is 25.4 Å². The van der Waals surface area contributed by atoms with Gasteiger partial charge in [0.2, 0.25) is 0 Å². The van der Waals surface area contributed by atoms with Crippen LogP contribution in [0, 0.1) is 5.82 Å². The maximum Gasteiger partial charge on any atom is 0.259 e. The summed E-state index contributed by atoms with van der Waals surface area (Å²) >= 11 is 7.03. The number of hydrogen-bond acceptors (Lipinski definition) is 5. The van der Waals surface area contributed by atoms with Gasteiger partial charge in [0.1, 0.15) is 20.6 Å². The standard InChI is InChI=1S/C20H25ClFN3O3S2/c1-10(2)17-13(12(11-5-6-11)7-14(21)18(17)22)8-15(26)25-30(23,28)16-9-24-19(29-16)20(3,4)27/h7,9-11,27H,5-6,8H2,1-4H3,(H2,23,25,26,28). The Bertz CT molecular complexity index is 1110. The molecule has 1 heterocycles. The number of thiazole rings is 1. The zero-order chi connectivity index (χ0) is 22.4. The number of benzene rings is 1. The Labute approximate surface area is 185 Å². The summed E-state index contributed by atoms with van der Waals surface area (Å²) < 4.78 is 31.5. The van der Waals surface area contributed by atoms with Crippen LogP contribution in [0.2, 0.25) is 5.02 Å². The summed E-state index contributed by atoms with van der Waals surface area (Å²) in [5.41, 5.74) is 0.562. The maximum absolute atomic E-state index is 14.8. The topological polar surface area (TPSA) is 106 Å². The summed E-state index contributed by atoms with van der Waals surface area (Å²) in [6.45, 7) is 6.74. The van der Waals surface area contributed by atoms with Crippen LogP contribution in [0.5, 0.6) is 0 Å². The molecular formula is C20H25ClFN3O3S2. The molecule has 1 atom stereocenters. The molecule has 1 aromatic carbocycles. The highest BCUT2D eigenvalue weighted by molar-refractivity contribution is 7.93. The third-order valence-corrected chi connectivity index (χ3v) is 8.36. The van der Waals surface area contributed by atoms with E-state index in [0.29, 0.717) is 16.1 Å². The molecule has 1 aromatic heterocycles. The zero-order valence-electron chi connectivity index (χ0n) is 17.2. The van der Waals surface area contributed by atoms with Crippen molar-refractivity contribution in [2.75, 3.05) is 0 Å². The van der Waals surface area contributed by atoms with Crippen LogP contribution in [-0.2, 0) is 26.7 Å². The van der Waals surface area contributed by atoms with Gasteiger partial charge in [-0.15, -0.1) is 15.7 Å². The van der Waals surface area contributed by atoms with E-state index >= 15 is 0 Å². The highest BCUT2D eigenvalue weighted by atomic mass is 35.5. The summed E-state index contributed by atoms with van der Waals surface area (Å²) in [6, 6.07) is 1.58. The average molecular weight is 474 g/mol. The van der Waals surface area contributed by atoms with Crippen molar-refractivity contribution < 1.29 is 18.5 Å². The predicted molar refractivity (Wildman–Crippen MR) is 117 cm³/mol. The third kappa shape index (κ3) is 4.91. The van der Waals surface area contributed by atoms with E-state index in [4.69, 9.17) is 16.7 Å². The van der Waals surface area contributed by atoms with E-state index in [1.807, 2.05) is 13.8 Å². The largest absolute Gasteiger partial charge is 0.383 e. The Hall–Kier alpha value is -1.39. The quantitative estimate of drug-likeness (QED) is 0.637. The van der Waals surface area contributed by atoms with Gasteiger partial charge in [-0.25, -0.2) is 18.7 Å². The van der Waals surface area contributed by atoms with Crippen molar-refractivity contribution in [3.8, 4) is 0 Å². The van der Waals surface area contributed by atoms with Crippen LogP contribution in [-0.4, -0.2) is 20.2 Å². The number of aliphatic hydroxyl groups is 1. The van der Waals surface area contributed by atoms with Crippen LogP contribution in [0.25, 0.3) is 0 Å². The average Bonchev–Trinajstić information content (AvgIpc) is 3.29. The van der Waals surface area contributed by atoms with Gasteiger partial charge in [0.05, 0.1) is 17.6 Å². The molecule has 0 aliphatic heterocycles. The van der Waals surface area contributed by atoms with Gasteiger partial charge in [0.25, 0.3) is 5.91 Å². The van der Waals surface area contributed by atoms with E-state index in [1.54, 1.807) is 6.07 Å². The first-order valence-electron chi connectivity index (χ1n) is 9.58. The molecule has 1 unspecified atom stereocenters. The second kappa shape index (κ2) is 8.27. The summed E-state index contributed by atoms with van der Waals surface area (Å²) in [5.74, 6) is -1.20. The lowest BCUT2D eigenvalue weighted by Crippen LogP contribution is -2.16. The molecule has 1 saturated carbocycles. The highest BCUT2D eigenvalue weighted by Gasteiger charge is 2.31. The number of amides is 1. The number of nitrogens with two attached hydrogens (primary N) is 1. The van der Waals surface area contributed by atoms with Crippen LogP contribution in [0.15, 0.2) is 20.8 Å². The minimum absolute atomic E-state index is 0.0418. The van der Waals surface area contributed by atoms with Gasteiger partial charge >= 0.3 is 0 Å². The smallest absolute Gasteiger partial charge is 0.259 e. The number of nitrogens with zero attached hydrogens (tertiary/aromatic N) is 2. The van der Waals surface area contributed by atoms with E-state index in [-0.39, 0.29) is 27.5 Å². The Balaban J connectivity index is 1.99. The Morgan fingerprint density at radius 2 is 2.13 bits per heavy atom. The van der Waals surface area contributed by atoms with Crippen LogP contribution in [0.3, 0.4) is 0 Å².